The number of halogens is 4. The summed E-state index contributed by atoms with van der Waals surface area (Å²) >= 11 is 16.3. The number of rotatable bonds is 0. The zero-order chi connectivity index (χ0) is 10.3. The molecular formula is C9H3Br3ClN. The van der Waals surface area contributed by atoms with Gasteiger partial charge in [0.2, 0.25) is 0 Å². The average molecular weight is 400 g/mol. The summed E-state index contributed by atoms with van der Waals surface area (Å²) in [6.45, 7) is 0. The molecule has 0 aliphatic rings. The van der Waals surface area contributed by atoms with E-state index in [0.29, 0.717) is 5.02 Å². The zero-order valence-corrected chi connectivity index (χ0v) is 12.2. The van der Waals surface area contributed by atoms with Crippen molar-refractivity contribution in [1.29, 1.82) is 0 Å². The lowest BCUT2D eigenvalue weighted by Crippen LogP contribution is -1.83. The normalized spacial score (nSPS) is 10.9. The molecule has 0 spiro atoms. The fourth-order valence-corrected chi connectivity index (χ4v) is 3.05. The molecule has 0 bridgehead atoms. The second kappa shape index (κ2) is 4.08. The molecule has 0 fully saturated rings. The summed E-state index contributed by atoms with van der Waals surface area (Å²) < 4.78 is 2.80. The first kappa shape index (κ1) is 10.9. The van der Waals surface area contributed by atoms with Crippen LogP contribution in [0.1, 0.15) is 0 Å². The first-order valence-corrected chi connectivity index (χ1v) is 6.44. The highest BCUT2D eigenvalue weighted by Crippen LogP contribution is 2.35. The van der Waals surface area contributed by atoms with Gasteiger partial charge in [0.1, 0.15) is 0 Å². The van der Waals surface area contributed by atoms with Crippen molar-refractivity contribution in [3.05, 3.63) is 36.8 Å². The molecule has 0 saturated carbocycles. The molecule has 1 heterocycles. The van der Waals surface area contributed by atoms with Crippen molar-refractivity contribution in [2.24, 2.45) is 0 Å². The molecule has 1 nitrogen and oxygen atoms in total. The van der Waals surface area contributed by atoms with Gasteiger partial charge < -0.3 is 0 Å². The van der Waals surface area contributed by atoms with Crippen LogP contribution in [0.25, 0.3) is 10.9 Å². The molecule has 2 rings (SSSR count). The Morgan fingerprint density at radius 1 is 1.14 bits per heavy atom. The molecule has 72 valence electrons. The summed E-state index contributed by atoms with van der Waals surface area (Å²) in [5.41, 5.74) is 0.893. The number of hydrogen-bond donors (Lipinski definition) is 0. The largest absolute Gasteiger partial charge is 0.253 e. The molecule has 0 aliphatic heterocycles. The van der Waals surface area contributed by atoms with E-state index < -0.39 is 0 Å². The Bertz CT molecular complexity index is 513. The minimum absolute atomic E-state index is 0.613. The molecule has 0 saturated heterocycles. The fraction of sp³-hybridized carbons (Fsp3) is 0. The molecule has 14 heavy (non-hydrogen) atoms. The van der Waals surface area contributed by atoms with Gasteiger partial charge in [-0.25, -0.2) is 0 Å². The Labute approximate surface area is 111 Å². The van der Waals surface area contributed by atoms with Gasteiger partial charge in [-0.1, -0.05) is 27.5 Å². The van der Waals surface area contributed by atoms with Crippen LogP contribution >= 0.6 is 59.4 Å². The summed E-state index contributed by atoms with van der Waals surface area (Å²) in [6.07, 6.45) is 1.63. The molecule has 0 unspecified atom stereocenters. The molecule has 0 amide bonds. The van der Waals surface area contributed by atoms with Crippen LogP contribution in [0.15, 0.2) is 31.7 Å². The van der Waals surface area contributed by atoms with Crippen LogP contribution in [0.5, 0.6) is 0 Å². The molecule has 0 atom stereocenters. The molecular weight excluding hydrogens is 397 g/mol. The van der Waals surface area contributed by atoms with Gasteiger partial charge in [-0.3, -0.25) is 4.98 Å². The van der Waals surface area contributed by atoms with E-state index in [4.69, 9.17) is 11.6 Å². The Morgan fingerprint density at radius 3 is 2.57 bits per heavy atom. The van der Waals surface area contributed by atoms with Crippen molar-refractivity contribution in [2.75, 3.05) is 0 Å². The Kier molecular flexibility index (Phi) is 3.17. The summed E-state index contributed by atoms with van der Waals surface area (Å²) in [4.78, 5) is 4.25. The highest BCUT2D eigenvalue weighted by Gasteiger charge is 2.08. The number of benzene rings is 1. The third-order valence-electron chi connectivity index (χ3n) is 1.78. The van der Waals surface area contributed by atoms with E-state index in [1.54, 1.807) is 6.20 Å². The van der Waals surface area contributed by atoms with E-state index in [1.165, 1.54) is 0 Å². The molecule has 5 heteroatoms. The van der Waals surface area contributed by atoms with Crippen LogP contribution in [-0.4, -0.2) is 4.98 Å². The number of fused-ring (bicyclic) bond motifs is 1. The highest BCUT2D eigenvalue weighted by atomic mass is 79.9. The van der Waals surface area contributed by atoms with E-state index >= 15 is 0 Å². The van der Waals surface area contributed by atoms with E-state index in [9.17, 15) is 0 Å². The third kappa shape index (κ3) is 1.85. The maximum atomic E-state index is 5.95. The van der Waals surface area contributed by atoms with Crippen molar-refractivity contribution < 1.29 is 0 Å². The summed E-state index contributed by atoms with van der Waals surface area (Å²) in [7, 11) is 0. The number of pyridine rings is 1. The molecule has 0 aliphatic carbocycles. The van der Waals surface area contributed by atoms with Crippen LogP contribution in [0.3, 0.4) is 0 Å². The van der Waals surface area contributed by atoms with E-state index in [2.05, 4.69) is 52.8 Å². The molecule has 0 N–H and O–H groups in total. The summed E-state index contributed by atoms with van der Waals surface area (Å²) in [5, 5.41) is 1.60. The topological polar surface area (TPSA) is 12.9 Å². The lowest BCUT2D eigenvalue weighted by atomic mass is 10.2. The standard InChI is InChI=1S/C9H3Br3ClN/c10-4-1-5-8(12)7(13)3-14-9(5)6(11)2-4/h1-3H. The maximum Gasteiger partial charge on any atom is 0.0857 e. The minimum atomic E-state index is 0.613. The van der Waals surface area contributed by atoms with Gasteiger partial charge in [0.15, 0.2) is 0 Å². The number of aromatic nitrogens is 1. The second-order valence-corrected chi connectivity index (χ2v) is 5.67. The fourth-order valence-electron chi connectivity index (χ4n) is 1.17. The lowest BCUT2D eigenvalue weighted by Gasteiger charge is -2.04. The predicted molar refractivity (Wildman–Crippen MR) is 69.9 cm³/mol. The number of hydrogen-bond acceptors (Lipinski definition) is 1. The van der Waals surface area contributed by atoms with Gasteiger partial charge in [-0.05, 0) is 44.0 Å². The molecule has 1 aromatic heterocycles. The van der Waals surface area contributed by atoms with E-state index in [0.717, 1.165) is 24.3 Å². The van der Waals surface area contributed by atoms with Crippen LogP contribution in [0, 0.1) is 0 Å². The molecule has 2 aromatic rings. The van der Waals surface area contributed by atoms with Crippen molar-refractivity contribution in [3.63, 3.8) is 0 Å². The van der Waals surface area contributed by atoms with Crippen molar-refractivity contribution in [2.45, 2.75) is 0 Å². The maximum absolute atomic E-state index is 5.95. The molecule has 0 radical (unpaired) electrons. The minimum Gasteiger partial charge on any atom is -0.253 e. The monoisotopic (exact) mass is 397 g/mol. The van der Waals surface area contributed by atoms with Crippen molar-refractivity contribution in [3.8, 4) is 0 Å². The first-order valence-electron chi connectivity index (χ1n) is 3.68. The quantitative estimate of drug-likeness (QED) is 0.594. The summed E-state index contributed by atoms with van der Waals surface area (Å²) in [6, 6.07) is 3.93. The van der Waals surface area contributed by atoms with Crippen molar-refractivity contribution >= 4 is 70.3 Å². The van der Waals surface area contributed by atoms with Gasteiger partial charge in [-0.15, -0.1) is 0 Å². The van der Waals surface area contributed by atoms with Crippen molar-refractivity contribution in [1.82, 2.24) is 4.98 Å². The summed E-state index contributed by atoms with van der Waals surface area (Å²) in [5.74, 6) is 0. The molecule has 1 aromatic carbocycles. The average Bonchev–Trinajstić information content (AvgIpc) is 2.12. The van der Waals surface area contributed by atoms with Gasteiger partial charge in [-0.2, -0.15) is 0 Å². The second-order valence-electron chi connectivity index (χ2n) is 2.70. The van der Waals surface area contributed by atoms with Crippen LogP contribution in [0.2, 0.25) is 5.02 Å². The first-order chi connectivity index (χ1) is 6.59. The SMILES string of the molecule is Clc1cnc2c(Br)cc(Br)cc2c1Br. The highest BCUT2D eigenvalue weighted by molar-refractivity contribution is 9.11. The third-order valence-corrected chi connectivity index (χ3v) is 4.21. The van der Waals surface area contributed by atoms with Crippen LogP contribution in [0.4, 0.5) is 0 Å². The van der Waals surface area contributed by atoms with Gasteiger partial charge in [0, 0.05) is 25.0 Å². The Morgan fingerprint density at radius 2 is 1.86 bits per heavy atom. The lowest BCUT2D eigenvalue weighted by molar-refractivity contribution is 1.39. The Balaban J connectivity index is 2.95. The van der Waals surface area contributed by atoms with Gasteiger partial charge in [0.25, 0.3) is 0 Å². The van der Waals surface area contributed by atoms with Crippen LogP contribution < -0.4 is 0 Å². The zero-order valence-electron chi connectivity index (χ0n) is 6.69. The smallest absolute Gasteiger partial charge is 0.0857 e. The van der Waals surface area contributed by atoms with E-state index in [-0.39, 0.29) is 0 Å². The Hall–Kier alpha value is 0.360. The predicted octanol–water partition coefficient (Wildman–Crippen LogP) is 5.18. The van der Waals surface area contributed by atoms with Gasteiger partial charge in [0.05, 0.1) is 10.5 Å². The van der Waals surface area contributed by atoms with Crippen LogP contribution in [-0.2, 0) is 0 Å². The van der Waals surface area contributed by atoms with Gasteiger partial charge >= 0.3 is 0 Å². The number of nitrogens with zero attached hydrogens (tertiary/aromatic N) is 1. The van der Waals surface area contributed by atoms with E-state index in [1.807, 2.05) is 12.1 Å².